The number of carbonyl (C=O) groups excluding carboxylic acids is 2. The van der Waals surface area contributed by atoms with E-state index in [9.17, 15) is 9.59 Å². The Hall–Kier alpha value is -2.86. The average Bonchev–Trinajstić information content (AvgIpc) is 3.14. The molecule has 0 radical (unpaired) electrons. The highest BCUT2D eigenvalue weighted by Crippen LogP contribution is 2.33. The molecule has 0 unspecified atom stereocenters. The van der Waals surface area contributed by atoms with Crippen molar-refractivity contribution in [2.24, 2.45) is 0 Å². The molecule has 1 aromatic heterocycles. The third-order valence-corrected chi connectivity index (χ3v) is 5.34. The summed E-state index contributed by atoms with van der Waals surface area (Å²) in [6, 6.07) is 7.70. The molecule has 2 heterocycles. The van der Waals surface area contributed by atoms with Gasteiger partial charge < -0.3 is 20.5 Å². The summed E-state index contributed by atoms with van der Waals surface area (Å²) < 4.78 is 0. The van der Waals surface area contributed by atoms with E-state index < -0.39 is 0 Å². The number of para-hydroxylation sites is 1. The summed E-state index contributed by atoms with van der Waals surface area (Å²) >= 11 is 0. The largest absolute Gasteiger partial charge is 0.359 e. The summed E-state index contributed by atoms with van der Waals surface area (Å²) in [6.07, 6.45) is 3.07. The Kier molecular flexibility index (Phi) is 5.99. The number of aromatic amines is 1. The van der Waals surface area contributed by atoms with Crippen molar-refractivity contribution in [3.8, 4) is 0 Å². The lowest BCUT2D eigenvalue weighted by Crippen LogP contribution is -2.32. The lowest BCUT2D eigenvalue weighted by Gasteiger charge is -2.16. The molecule has 0 aliphatic carbocycles. The quantitative estimate of drug-likeness (QED) is 0.647. The number of aromatic nitrogens is 1. The molecule has 6 heteroatoms. The van der Waals surface area contributed by atoms with E-state index in [4.69, 9.17) is 0 Å². The molecule has 0 fully saturated rings. The number of nitrogens with zero attached hydrogens (tertiary/aromatic N) is 1. The van der Waals surface area contributed by atoms with Crippen molar-refractivity contribution in [1.82, 2.24) is 15.2 Å². The van der Waals surface area contributed by atoms with E-state index in [-0.39, 0.29) is 11.8 Å². The van der Waals surface area contributed by atoms with Crippen LogP contribution in [0, 0.1) is 13.8 Å². The number of likely N-dealkylation sites (N-methyl/N-ethyl adjacent to an activating group) is 2. The number of benzene rings is 1. The maximum absolute atomic E-state index is 12.4. The Bertz CT molecular complexity index is 927. The number of nitrogens with one attached hydrogen (secondary N) is 3. The van der Waals surface area contributed by atoms with Crippen molar-refractivity contribution >= 4 is 29.2 Å². The Morgan fingerprint density at radius 2 is 2.00 bits per heavy atom. The highest BCUT2D eigenvalue weighted by molar-refractivity contribution is 6.34. The van der Waals surface area contributed by atoms with Crippen molar-refractivity contribution in [3.63, 3.8) is 0 Å². The van der Waals surface area contributed by atoms with Gasteiger partial charge in [0.2, 0.25) is 5.91 Å². The van der Waals surface area contributed by atoms with Gasteiger partial charge in [-0.25, -0.2) is 0 Å². The summed E-state index contributed by atoms with van der Waals surface area (Å²) in [5.74, 6) is 0.0509. The minimum absolute atomic E-state index is 0.0873. The van der Waals surface area contributed by atoms with E-state index in [1.807, 2.05) is 58.3 Å². The van der Waals surface area contributed by atoms with Crippen LogP contribution in [0.3, 0.4) is 0 Å². The first-order chi connectivity index (χ1) is 13.4. The SMILES string of the molecule is CNCCN(C)C(=O)CCc1c(C)[nH]c(/C=C2\C(=O)Nc3ccccc32)c1C. The van der Waals surface area contributed by atoms with E-state index >= 15 is 0 Å². The number of hydrogen-bond acceptors (Lipinski definition) is 3. The van der Waals surface area contributed by atoms with Crippen LogP contribution in [0.25, 0.3) is 11.6 Å². The third kappa shape index (κ3) is 4.02. The minimum Gasteiger partial charge on any atom is -0.359 e. The second kappa shape index (κ2) is 8.44. The van der Waals surface area contributed by atoms with Crippen LogP contribution < -0.4 is 10.6 Å². The van der Waals surface area contributed by atoms with Gasteiger partial charge in [-0.2, -0.15) is 0 Å². The molecule has 2 aromatic rings. The van der Waals surface area contributed by atoms with Gasteiger partial charge in [0, 0.05) is 49.2 Å². The lowest BCUT2D eigenvalue weighted by molar-refractivity contribution is -0.129. The molecule has 0 spiro atoms. The number of aryl methyl sites for hydroxylation is 1. The molecule has 0 atom stereocenters. The molecule has 2 amide bonds. The van der Waals surface area contributed by atoms with E-state index in [1.165, 1.54) is 0 Å². The molecule has 0 saturated carbocycles. The van der Waals surface area contributed by atoms with Crippen LogP contribution in [-0.2, 0) is 16.0 Å². The number of fused-ring (bicyclic) bond motifs is 1. The Labute approximate surface area is 166 Å². The van der Waals surface area contributed by atoms with Crippen LogP contribution in [0.4, 0.5) is 5.69 Å². The zero-order valence-corrected chi connectivity index (χ0v) is 17.0. The van der Waals surface area contributed by atoms with E-state index in [2.05, 4.69) is 15.6 Å². The fourth-order valence-corrected chi connectivity index (χ4v) is 3.59. The van der Waals surface area contributed by atoms with Gasteiger partial charge in [-0.05, 0) is 50.6 Å². The molecular formula is C22H28N4O2. The van der Waals surface area contributed by atoms with Gasteiger partial charge in [0.1, 0.15) is 0 Å². The number of rotatable bonds is 7. The standard InChI is InChI=1S/C22H28N4O2/c1-14-16(9-10-21(27)26(4)12-11-23-3)15(2)24-20(14)13-18-17-7-5-6-8-19(17)25-22(18)28/h5-8,13,23-24H,9-12H2,1-4H3,(H,25,28)/b18-13-. The van der Waals surface area contributed by atoms with Crippen LogP contribution in [0.15, 0.2) is 24.3 Å². The number of hydrogen-bond donors (Lipinski definition) is 3. The van der Waals surface area contributed by atoms with Gasteiger partial charge in [0.05, 0.1) is 5.57 Å². The van der Waals surface area contributed by atoms with Gasteiger partial charge in [0.15, 0.2) is 0 Å². The lowest BCUT2D eigenvalue weighted by atomic mass is 10.0. The van der Waals surface area contributed by atoms with Gasteiger partial charge in [-0.1, -0.05) is 18.2 Å². The molecule has 1 aliphatic heterocycles. The highest BCUT2D eigenvalue weighted by Gasteiger charge is 2.24. The van der Waals surface area contributed by atoms with Crippen molar-refractivity contribution in [2.45, 2.75) is 26.7 Å². The molecule has 0 bridgehead atoms. The van der Waals surface area contributed by atoms with Gasteiger partial charge in [0.25, 0.3) is 5.91 Å². The van der Waals surface area contributed by atoms with Crippen LogP contribution in [-0.4, -0.2) is 48.9 Å². The van der Waals surface area contributed by atoms with E-state index in [1.54, 1.807) is 4.90 Å². The summed E-state index contributed by atoms with van der Waals surface area (Å²) in [5.41, 5.74) is 6.63. The van der Waals surface area contributed by atoms with Crippen LogP contribution in [0.5, 0.6) is 0 Å². The zero-order chi connectivity index (χ0) is 20.3. The van der Waals surface area contributed by atoms with Gasteiger partial charge >= 0.3 is 0 Å². The second-order valence-electron chi connectivity index (χ2n) is 7.24. The number of carbonyl (C=O) groups is 2. The van der Waals surface area contributed by atoms with Crippen molar-refractivity contribution in [1.29, 1.82) is 0 Å². The molecule has 148 valence electrons. The molecule has 6 nitrogen and oxygen atoms in total. The van der Waals surface area contributed by atoms with E-state index in [0.717, 1.165) is 40.3 Å². The topological polar surface area (TPSA) is 77.2 Å². The first-order valence-electron chi connectivity index (χ1n) is 9.61. The summed E-state index contributed by atoms with van der Waals surface area (Å²) in [5, 5.41) is 5.96. The molecule has 3 N–H and O–H groups in total. The van der Waals surface area contributed by atoms with Crippen LogP contribution >= 0.6 is 0 Å². The van der Waals surface area contributed by atoms with Crippen molar-refractivity contribution in [3.05, 3.63) is 52.3 Å². The van der Waals surface area contributed by atoms with Crippen molar-refractivity contribution in [2.75, 3.05) is 32.5 Å². The first-order valence-corrected chi connectivity index (χ1v) is 9.61. The first kappa shape index (κ1) is 19.9. The summed E-state index contributed by atoms with van der Waals surface area (Å²) in [4.78, 5) is 29.8. The Morgan fingerprint density at radius 3 is 2.75 bits per heavy atom. The Morgan fingerprint density at radius 1 is 1.25 bits per heavy atom. The molecule has 1 aromatic carbocycles. The fourth-order valence-electron chi connectivity index (χ4n) is 3.59. The Balaban J connectivity index is 1.78. The third-order valence-electron chi connectivity index (χ3n) is 5.34. The predicted octanol–water partition coefficient (Wildman–Crippen LogP) is 2.73. The highest BCUT2D eigenvalue weighted by atomic mass is 16.2. The molecule has 3 rings (SSSR count). The zero-order valence-electron chi connectivity index (χ0n) is 17.0. The monoisotopic (exact) mass is 380 g/mol. The van der Waals surface area contributed by atoms with Gasteiger partial charge in [-0.15, -0.1) is 0 Å². The van der Waals surface area contributed by atoms with Crippen LogP contribution in [0.1, 0.15) is 34.5 Å². The predicted molar refractivity (Wildman–Crippen MR) is 113 cm³/mol. The van der Waals surface area contributed by atoms with E-state index in [0.29, 0.717) is 25.0 Å². The average molecular weight is 380 g/mol. The minimum atomic E-state index is -0.0873. The summed E-state index contributed by atoms with van der Waals surface area (Å²) in [6.45, 7) is 5.54. The van der Waals surface area contributed by atoms with Crippen LogP contribution in [0.2, 0.25) is 0 Å². The normalized spacial score (nSPS) is 14.3. The fraction of sp³-hybridized carbons (Fsp3) is 0.364. The molecule has 28 heavy (non-hydrogen) atoms. The smallest absolute Gasteiger partial charge is 0.256 e. The molecule has 0 saturated heterocycles. The molecular weight excluding hydrogens is 352 g/mol. The number of amides is 2. The van der Waals surface area contributed by atoms with Gasteiger partial charge in [-0.3, -0.25) is 9.59 Å². The maximum atomic E-state index is 12.4. The van der Waals surface area contributed by atoms with Crippen molar-refractivity contribution < 1.29 is 9.59 Å². The summed E-state index contributed by atoms with van der Waals surface area (Å²) in [7, 11) is 3.71. The number of anilines is 1. The number of H-pyrrole nitrogens is 1. The molecule has 1 aliphatic rings. The maximum Gasteiger partial charge on any atom is 0.256 e. The second-order valence-corrected chi connectivity index (χ2v) is 7.24.